The van der Waals surface area contributed by atoms with E-state index in [0.29, 0.717) is 11.3 Å². The van der Waals surface area contributed by atoms with Gasteiger partial charge in [0.05, 0.1) is 17.2 Å². The van der Waals surface area contributed by atoms with E-state index in [1.165, 1.54) is 18.2 Å². The van der Waals surface area contributed by atoms with E-state index in [4.69, 9.17) is 0 Å². The second-order valence-electron chi connectivity index (χ2n) is 4.92. The number of hydrogen-bond acceptors (Lipinski definition) is 5. The standard InChI is InChI=1S/C15H16FN3O3S2/c1-2-6-24(21,22)10-13-9-23-15(18-13)19-14(20)17-8-11-4-3-5-12(16)7-11/h2-5,7,9H,1,6,8,10H2,(H2,17,18,19,20). The number of amides is 2. The molecular formula is C15H16FN3O3S2. The van der Waals surface area contributed by atoms with Crippen LogP contribution in [0, 0.1) is 5.82 Å². The molecule has 2 N–H and O–H groups in total. The lowest BCUT2D eigenvalue weighted by Gasteiger charge is -2.05. The Labute approximate surface area is 143 Å². The SMILES string of the molecule is C=CCS(=O)(=O)Cc1csc(NC(=O)NCc2cccc(F)c2)n1. The van der Waals surface area contributed by atoms with E-state index < -0.39 is 15.9 Å². The molecule has 6 nitrogen and oxygen atoms in total. The van der Waals surface area contributed by atoms with Crippen molar-refractivity contribution in [3.05, 3.63) is 59.4 Å². The second-order valence-corrected chi connectivity index (χ2v) is 7.89. The van der Waals surface area contributed by atoms with E-state index >= 15 is 0 Å². The topological polar surface area (TPSA) is 88.2 Å². The molecule has 0 unspecified atom stereocenters. The zero-order valence-corrected chi connectivity index (χ0v) is 14.3. The molecule has 0 bridgehead atoms. The molecule has 0 saturated heterocycles. The van der Waals surface area contributed by atoms with Crippen molar-refractivity contribution in [1.82, 2.24) is 10.3 Å². The molecule has 0 aliphatic rings. The quantitative estimate of drug-likeness (QED) is 0.735. The van der Waals surface area contributed by atoms with Gasteiger partial charge in [0.1, 0.15) is 5.82 Å². The second kappa shape index (κ2) is 8.02. The number of hydrogen-bond donors (Lipinski definition) is 2. The van der Waals surface area contributed by atoms with Crippen LogP contribution in [0.5, 0.6) is 0 Å². The lowest BCUT2D eigenvalue weighted by molar-refractivity contribution is 0.251. The van der Waals surface area contributed by atoms with Gasteiger partial charge in [-0.1, -0.05) is 18.2 Å². The van der Waals surface area contributed by atoms with E-state index in [-0.39, 0.29) is 29.0 Å². The highest BCUT2D eigenvalue weighted by atomic mass is 32.2. The Hall–Kier alpha value is -2.26. The summed E-state index contributed by atoms with van der Waals surface area (Å²) < 4.78 is 36.4. The number of carbonyl (C=O) groups excluding carboxylic acids is 1. The summed E-state index contributed by atoms with van der Waals surface area (Å²) in [4.78, 5) is 15.8. The number of aromatic nitrogens is 1. The fourth-order valence-corrected chi connectivity index (χ4v) is 3.75. The molecule has 2 amide bonds. The predicted molar refractivity (Wildman–Crippen MR) is 92.1 cm³/mol. The number of rotatable bonds is 7. The Morgan fingerprint density at radius 2 is 2.21 bits per heavy atom. The molecular weight excluding hydrogens is 353 g/mol. The third kappa shape index (κ3) is 5.74. The van der Waals surface area contributed by atoms with E-state index in [1.807, 2.05) is 0 Å². The van der Waals surface area contributed by atoms with Crippen molar-refractivity contribution >= 4 is 32.3 Å². The monoisotopic (exact) mass is 369 g/mol. The van der Waals surface area contributed by atoms with Crippen LogP contribution in [-0.4, -0.2) is 25.2 Å². The molecule has 9 heteroatoms. The largest absolute Gasteiger partial charge is 0.334 e. The van der Waals surface area contributed by atoms with Crippen molar-refractivity contribution < 1.29 is 17.6 Å². The van der Waals surface area contributed by atoms with Gasteiger partial charge in [0, 0.05) is 11.9 Å². The van der Waals surface area contributed by atoms with Gasteiger partial charge in [-0.15, -0.1) is 17.9 Å². The number of halogens is 1. The molecule has 0 fully saturated rings. The van der Waals surface area contributed by atoms with Crippen LogP contribution in [0.3, 0.4) is 0 Å². The minimum Gasteiger partial charge on any atom is -0.334 e. The molecule has 0 atom stereocenters. The van der Waals surface area contributed by atoms with Gasteiger partial charge < -0.3 is 5.32 Å². The lowest BCUT2D eigenvalue weighted by Crippen LogP contribution is -2.28. The van der Waals surface area contributed by atoms with Crippen molar-refractivity contribution in [3.8, 4) is 0 Å². The highest BCUT2D eigenvalue weighted by Crippen LogP contribution is 2.17. The fourth-order valence-electron chi connectivity index (χ4n) is 1.87. The molecule has 1 heterocycles. The van der Waals surface area contributed by atoms with E-state index in [9.17, 15) is 17.6 Å². The third-order valence-electron chi connectivity index (χ3n) is 2.85. The van der Waals surface area contributed by atoms with E-state index in [1.54, 1.807) is 17.5 Å². The van der Waals surface area contributed by atoms with Gasteiger partial charge in [-0.05, 0) is 17.7 Å². The van der Waals surface area contributed by atoms with Crippen LogP contribution in [-0.2, 0) is 22.1 Å². The zero-order chi connectivity index (χ0) is 17.6. The van der Waals surface area contributed by atoms with E-state index in [0.717, 1.165) is 11.3 Å². The molecule has 2 rings (SSSR count). The molecule has 1 aromatic heterocycles. The van der Waals surface area contributed by atoms with Crippen molar-refractivity contribution in [3.63, 3.8) is 0 Å². The maximum absolute atomic E-state index is 13.0. The molecule has 0 saturated carbocycles. The van der Waals surface area contributed by atoms with Crippen LogP contribution in [0.1, 0.15) is 11.3 Å². The molecule has 2 aromatic rings. The summed E-state index contributed by atoms with van der Waals surface area (Å²) in [5, 5.41) is 6.94. The van der Waals surface area contributed by atoms with Crippen LogP contribution in [0.15, 0.2) is 42.3 Å². The molecule has 0 spiro atoms. The number of benzene rings is 1. The first-order valence-corrected chi connectivity index (χ1v) is 9.63. The average molecular weight is 369 g/mol. The number of urea groups is 1. The van der Waals surface area contributed by atoms with Crippen molar-refractivity contribution in [2.75, 3.05) is 11.1 Å². The van der Waals surface area contributed by atoms with Gasteiger partial charge >= 0.3 is 6.03 Å². The minimum absolute atomic E-state index is 0.124. The predicted octanol–water partition coefficient (Wildman–Crippen LogP) is 2.70. The Kier molecular flexibility index (Phi) is 6.04. The van der Waals surface area contributed by atoms with Crippen molar-refractivity contribution in [2.45, 2.75) is 12.3 Å². The van der Waals surface area contributed by atoms with Crippen LogP contribution < -0.4 is 10.6 Å². The molecule has 1 aromatic carbocycles. The van der Waals surface area contributed by atoms with Crippen molar-refractivity contribution in [2.24, 2.45) is 0 Å². The van der Waals surface area contributed by atoms with Gasteiger partial charge in [-0.2, -0.15) is 0 Å². The van der Waals surface area contributed by atoms with Gasteiger partial charge in [-0.25, -0.2) is 22.6 Å². The number of nitrogens with zero attached hydrogens (tertiary/aromatic N) is 1. The maximum Gasteiger partial charge on any atom is 0.321 e. The molecule has 0 radical (unpaired) electrons. The highest BCUT2D eigenvalue weighted by Gasteiger charge is 2.13. The molecule has 24 heavy (non-hydrogen) atoms. The number of sulfone groups is 1. The van der Waals surface area contributed by atoms with Crippen LogP contribution in [0.2, 0.25) is 0 Å². The summed E-state index contributed by atoms with van der Waals surface area (Å²) in [5.74, 6) is -0.705. The molecule has 0 aliphatic carbocycles. The Balaban J connectivity index is 1.87. The summed E-state index contributed by atoms with van der Waals surface area (Å²) in [5.41, 5.74) is 0.989. The number of carbonyl (C=O) groups is 1. The van der Waals surface area contributed by atoms with Crippen LogP contribution in [0.4, 0.5) is 14.3 Å². The molecule has 128 valence electrons. The van der Waals surface area contributed by atoms with Gasteiger partial charge in [0.15, 0.2) is 15.0 Å². The number of nitrogens with one attached hydrogen (secondary N) is 2. The van der Waals surface area contributed by atoms with Gasteiger partial charge in [-0.3, -0.25) is 5.32 Å². The smallest absolute Gasteiger partial charge is 0.321 e. The third-order valence-corrected chi connectivity index (χ3v) is 5.14. The van der Waals surface area contributed by atoms with Crippen LogP contribution in [0.25, 0.3) is 0 Å². The lowest BCUT2D eigenvalue weighted by atomic mass is 10.2. The average Bonchev–Trinajstić information content (AvgIpc) is 2.91. The number of thiazole rings is 1. The van der Waals surface area contributed by atoms with E-state index in [2.05, 4.69) is 22.2 Å². The Bertz CT molecular complexity index is 834. The summed E-state index contributed by atoms with van der Waals surface area (Å²) in [7, 11) is -3.29. The van der Waals surface area contributed by atoms with Gasteiger partial charge in [0.25, 0.3) is 0 Å². The Morgan fingerprint density at radius 1 is 1.42 bits per heavy atom. The van der Waals surface area contributed by atoms with Crippen molar-refractivity contribution in [1.29, 1.82) is 0 Å². The Morgan fingerprint density at radius 3 is 2.92 bits per heavy atom. The first-order valence-electron chi connectivity index (χ1n) is 6.93. The summed E-state index contributed by atoms with van der Waals surface area (Å²) >= 11 is 1.13. The zero-order valence-electron chi connectivity index (χ0n) is 12.7. The van der Waals surface area contributed by atoms with Gasteiger partial charge in [0.2, 0.25) is 0 Å². The van der Waals surface area contributed by atoms with Crippen LogP contribution >= 0.6 is 11.3 Å². The maximum atomic E-state index is 13.0. The minimum atomic E-state index is -3.29. The highest BCUT2D eigenvalue weighted by molar-refractivity contribution is 7.90. The first-order chi connectivity index (χ1) is 11.4. The normalized spacial score (nSPS) is 11.0. The summed E-state index contributed by atoms with van der Waals surface area (Å²) in [6, 6.07) is 5.39. The fraction of sp³-hybridized carbons (Fsp3) is 0.200. The summed E-state index contributed by atoms with van der Waals surface area (Å²) in [6.45, 7) is 3.56. The first kappa shape index (κ1) is 18.1. The molecule has 0 aliphatic heterocycles. The number of anilines is 1. The summed E-state index contributed by atoms with van der Waals surface area (Å²) in [6.07, 6.45) is 1.32.